The van der Waals surface area contributed by atoms with E-state index in [1.54, 1.807) is 0 Å². The number of nitrogens with one attached hydrogen (secondary N) is 1. The van der Waals surface area contributed by atoms with Crippen molar-refractivity contribution >= 4 is 5.82 Å². The van der Waals surface area contributed by atoms with E-state index in [4.69, 9.17) is 4.98 Å². The standard InChI is InChI=1S/C16H28N4/c1-5-15-9-14(11-17-3)10-16(18-15)20-8-6-7-19(4)12-13(20)2/h9-10,13,17H,5-8,11-12H2,1-4H3. The molecule has 1 atom stereocenters. The Hall–Kier alpha value is -1.13. The second-order valence-corrected chi connectivity index (χ2v) is 5.87. The normalized spacial score (nSPS) is 21.0. The van der Waals surface area contributed by atoms with Gasteiger partial charge in [0.15, 0.2) is 0 Å². The highest BCUT2D eigenvalue weighted by Gasteiger charge is 2.21. The summed E-state index contributed by atoms with van der Waals surface area (Å²) in [5, 5.41) is 3.24. The summed E-state index contributed by atoms with van der Waals surface area (Å²) in [4.78, 5) is 9.75. The van der Waals surface area contributed by atoms with Crippen LogP contribution in [0.5, 0.6) is 0 Å². The van der Waals surface area contributed by atoms with E-state index in [0.29, 0.717) is 6.04 Å². The van der Waals surface area contributed by atoms with Gasteiger partial charge in [0, 0.05) is 31.4 Å². The first kappa shape index (κ1) is 15.3. The lowest BCUT2D eigenvalue weighted by molar-refractivity contribution is 0.337. The van der Waals surface area contributed by atoms with Crippen LogP contribution in [0.3, 0.4) is 0 Å². The van der Waals surface area contributed by atoms with Crippen molar-refractivity contribution in [1.82, 2.24) is 15.2 Å². The minimum Gasteiger partial charge on any atom is -0.353 e. The summed E-state index contributed by atoms with van der Waals surface area (Å²) in [6.07, 6.45) is 2.20. The number of aromatic nitrogens is 1. The van der Waals surface area contributed by atoms with E-state index >= 15 is 0 Å². The van der Waals surface area contributed by atoms with Crippen molar-refractivity contribution in [2.24, 2.45) is 0 Å². The number of rotatable bonds is 4. The molecule has 4 nitrogen and oxygen atoms in total. The van der Waals surface area contributed by atoms with Crippen LogP contribution in [0.1, 0.15) is 31.5 Å². The average Bonchev–Trinajstić information content (AvgIpc) is 2.59. The maximum Gasteiger partial charge on any atom is 0.129 e. The lowest BCUT2D eigenvalue weighted by Crippen LogP contribution is -2.38. The molecule has 0 bridgehead atoms. The van der Waals surface area contributed by atoms with Crippen LogP contribution < -0.4 is 10.2 Å². The Balaban J connectivity index is 2.27. The summed E-state index contributed by atoms with van der Waals surface area (Å²) in [6, 6.07) is 4.98. The van der Waals surface area contributed by atoms with Gasteiger partial charge in [0.25, 0.3) is 0 Å². The molecule has 112 valence electrons. The molecule has 4 heteroatoms. The van der Waals surface area contributed by atoms with Crippen LogP contribution in [0.25, 0.3) is 0 Å². The Kier molecular flexibility index (Phi) is 5.38. The Labute approximate surface area is 123 Å². The molecule has 1 aliphatic heterocycles. The number of likely N-dealkylation sites (N-methyl/N-ethyl adjacent to an activating group) is 1. The van der Waals surface area contributed by atoms with E-state index in [9.17, 15) is 0 Å². The van der Waals surface area contributed by atoms with Crippen molar-refractivity contribution in [3.8, 4) is 0 Å². The van der Waals surface area contributed by atoms with Gasteiger partial charge in [0.2, 0.25) is 0 Å². The SMILES string of the molecule is CCc1cc(CNC)cc(N2CCCN(C)CC2C)n1. The first-order valence-corrected chi connectivity index (χ1v) is 7.73. The van der Waals surface area contributed by atoms with Crippen molar-refractivity contribution in [2.75, 3.05) is 38.6 Å². The average molecular weight is 276 g/mol. The van der Waals surface area contributed by atoms with Gasteiger partial charge in [-0.3, -0.25) is 0 Å². The van der Waals surface area contributed by atoms with Crippen LogP contribution in [0, 0.1) is 0 Å². The summed E-state index contributed by atoms with van der Waals surface area (Å²) >= 11 is 0. The third-order valence-corrected chi connectivity index (χ3v) is 4.01. The van der Waals surface area contributed by atoms with Crippen LogP contribution in [-0.4, -0.2) is 49.7 Å². The minimum absolute atomic E-state index is 0.518. The van der Waals surface area contributed by atoms with Gasteiger partial charge >= 0.3 is 0 Å². The van der Waals surface area contributed by atoms with Gasteiger partial charge in [-0.05, 0) is 58.1 Å². The molecule has 2 rings (SSSR count). The Bertz CT molecular complexity index is 432. The summed E-state index contributed by atoms with van der Waals surface area (Å²) in [5.41, 5.74) is 2.52. The highest BCUT2D eigenvalue weighted by molar-refractivity contribution is 5.44. The summed E-state index contributed by atoms with van der Waals surface area (Å²) in [7, 11) is 4.21. The second-order valence-electron chi connectivity index (χ2n) is 5.87. The van der Waals surface area contributed by atoms with Crippen LogP contribution in [-0.2, 0) is 13.0 Å². The molecule has 1 aromatic heterocycles. The van der Waals surface area contributed by atoms with Gasteiger partial charge in [-0.25, -0.2) is 4.98 Å². The molecule has 0 aromatic carbocycles. The van der Waals surface area contributed by atoms with E-state index < -0.39 is 0 Å². The predicted molar refractivity (Wildman–Crippen MR) is 85.3 cm³/mol. The van der Waals surface area contributed by atoms with Crippen molar-refractivity contribution in [1.29, 1.82) is 0 Å². The molecule has 0 spiro atoms. The third kappa shape index (κ3) is 3.70. The van der Waals surface area contributed by atoms with Gasteiger partial charge in [0.1, 0.15) is 5.82 Å². The van der Waals surface area contributed by atoms with Gasteiger partial charge < -0.3 is 15.1 Å². The van der Waals surface area contributed by atoms with Crippen molar-refractivity contribution in [3.63, 3.8) is 0 Å². The first-order chi connectivity index (χ1) is 9.63. The number of nitrogens with zero attached hydrogens (tertiary/aromatic N) is 3. The van der Waals surface area contributed by atoms with E-state index in [-0.39, 0.29) is 0 Å². The van der Waals surface area contributed by atoms with Gasteiger partial charge in [-0.15, -0.1) is 0 Å². The fourth-order valence-electron chi connectivity index (χ4n) is 2.98. The zero-order chi connectivity index (χ0) is 14.5. The van der Waals surface area contributed by atoms with Crippen LogP contribution in [0.2, 0.25) is 0 Å². The van der Waals surface area contributed by atoms with Crippen molar-refractivity contribution < 1.29 is 0 Å². The molecule has 1 aliphatic rings. The third-order valence-electron chi connectivity index (χ3n) is 4.01. The highest BCUT2D eigenvalue weighted by Crippen LogP contribution is 2.20. The van der Waals surface area contributed by atoms with E-state index in [2.05, 4.69) is 48.1 Å². The molecule has 0 saturated carbocycles. The largest absolute Gasteiger partial charge is 0.353 e. The molecular formula is C16H28N4. The zero-order valence-electron chi connectivity index (χ0n) is 13.3. The Morgan fingerprint density at radius 2 is 2.15 bits per heavy atom. The zero-order valence-corrected chi connectivity index (χ0v) is 13.3. The van der Waals surface area contributed by atoms with Crippen molar-refractivity contribution in [2.45, 2.75) is 39.3 Å². The molecule has 1 N–H and O–H groups in total. The smallest absolute Gasteiger partial charge is 0.129 e. The van der Waals surface area contributed by atoms with E-state index in [1.165, 1.54) is 24.2 Å². The number of hydrogen-bond acceptors (Lipinski definition) is 4. The summed E-state index contributed by atoms with van der Waals surface area (Å²) in [5.74, 6) is 1.15. The van der Waals surface area contributed by atoms with Crippen LogP contribution in [0.15, 0.2) is 12.1 Å². The minimum atomic E-state index is 0.518. The Morgan fingerprint density at radius 3 is 2.85 bits per heavy atom. The topological polar surface area (TPSA) is 31.4 Å². The lowest BCUT2D eigenvalue weighted by atomic mass is 10.1. The van der Waals surface area contributed by atoms with Gasteiger partial charge in [-0.2, -0.15) is 0 Å². The maximum absolute atomic E-state index is 4.85. The van der Waals surface area contributed by atoms with Gasteiger partial charge in [-0.1, -0.05) is 6.92 Å². The molecule has 20 heavy (non-hydrogen) atoms. The molecule has 1 fully saturated rings. The van der Waals surface area contributed by atoms with Gasteiger partial charge in [0.05, 0.1) is 0 Å². The molecule has 2 heterocycles. The number of aryl methyl sites for hydroxylation is 1. The molecular weight excluding hydrogens is 248 g/mol. The quantitative estimate of drug-likeness (QED) is 0.910. The summed E-state index contributed by atoms with van der Waals surface area (Å²) in [6.45, 7) is 8.78. The molecule has 1 aromatic rings. The highest BCUT2D eigenvalue weighted by atomic mass is 15.3. The Morgan fingerprint density at radius 1 is 1.35 bits per heavy atom. The van der Waals surface area contributed by atoms with E-state index in [1.807, 2.05) is 7.05 Å². The van der Waals surface area contributed by atoms with Crippen LogP contribution in [0.4, 0.5) is 5.82 Å². The monoisotopic (exact) mass is 276 g/mol. The number of pyridine rings is 1. The number of anilines is 1. The first-order valence-electron chi connectivity index (χ1n) is 7.73. The fourth-order valence-corrected chi connectivity index (χ4v) is 2.98. The summed E-state index contributed by atoms with van der Waals surface area (Å²) < 4.78 is 0. The van der Waals surface area contributed by atoms with Crippen molar-refractivity contribution in [3.05, 3.63) is 23.4 Å². The maximum atomic E-state index is 4.85. The van der Waals surface area contributed by atoms with E-state index in [0.717, 1.165) is 31.9 Å². The van der Waals surface area contributed by atoms with Crippen LogP contribution >= 0.6 is 0 Å². The molecule has 0 aliphatic carbocycles. The molecule has 1 unspecified atom stereocenters. The molecule has 0 radical (unpaired) electrons. The lowest BCUT2D eigenvalue weighted by Gasteiger charge is -2.29. The number of hydrogen-bond donors (Lipinski definition) is 1. The predicted octanol–water partition coefficient (Wildman–Crippen LogP) is 1.89. The molecule has 1 saturated heterocycles. The molecule has 0 amide bonds. The fraction of sp³-hybridized carbons (Fsp3) is 0.688. The second kappa shape index (κ2) is 7.04.